The van der Waals surface area contributed by atoms with Crippen molar-refractivity contribution in [1.29, 1.82) is 0 Å². The maximum atomic E-state index is 12.2. The number of hydrogen-bond acceptors (Lipinski definition) is 3. The number of rotatable bonds is 5. The maximum absolute atomic E-state index is 12.2. The highest BCUT2D eigenvalue weighted by atomic mass is 16.5. The van der Waals surface area contributed by atoms with Gasteiger partial charge in [0.1, 0.15) is 5.75 Å². The number of carbonyl (C=O) groups excluding carboxylic acids is 1. The summed E-state index contributed by atoms with van der Waals surface area (Å²) in [6.07, 6.45) is 6.18. The lowest BCUT2D eigenvalue weighted by Gasteiger charge is -2.37. The second kappa shape index (κ2) is 7.70. The molecule has 3 unspecified atom stereocenters. The Balaban J connectivity index is 1.62. The number of hydrogen-bond donors (Lipinski definition) is 2. The van der Waals surface area contributed by atoms with Crippen LogP contribution >= 0.6 is 0 Å². The highest BCUT2D eigenvalue weighted by molar-refractivity contribution is 5.91. The zero-order valence-electron chi connectivity index (χ0n) is 16.7. The van der Waals surface area contributed by atoms with Gasteiger partial charge in [-0.05, 0) is 59.7 Å². The first kappa shape index (κ1) is 18.6. The van der Waals surface area contributed by atoms with Crippen molar-refractivity contribution >= 4 is 17.3 Å². The minimum atomic E-state index is 0.0755. The van der Waals surface area contributed by atoms with Crippen LogP contribution in [0.1, 0.15) is 49.8 Å². The van der Waals surface area contributed by atoms with Gasteiger partial charge in [0.2, 0.25) is 5.91 Å². The SMILES string of the molecule is COc1cccc(C2Nc3ccc(NC(=O)CC(C)C)cc3C3C=CCC32)c1. The molecule has 2 aromatic carbocycles. The average molecular weight is 377 g/mol. The van der Waals surface area contributed by atoms with Crippen molar-refractivity contribution in [1.82, 2.24) is 0 Å². The Morgan fingerprint density at radius 3 is 2.89 bits per heavy atom. The number of methoxy groups -OCH3 is 1. The summed E-state index contributed by atoms with van der Waals surface area (Å²) in [6.45, 7) is 4.12. The number of fused-ring (bicyclic) bond motifs is 3. The van der Waals surface area contributed by atoms with E-state index in [2.05, 4.69) is 67.0 Å². The van der Waals surface area contributed by atoms with Gasteiger partial charge in [-0.2, -0.15) is 0 Å². The van der Waals surface area contributed by atoms with Gasteiger partial charge in [0.05, 0.1) is 13.2 Å². The first-order valence-corrected chi connectivity index (χ1v) is 10.1. The summed E-state index contributed by atoms with van der Waals surface area (Å²) in [5, 5.41) is 6.79. The topological polar surface area (TPSA) is 50.4 Å². The molecule has 0 bridgehead atoms. The van der Waals surface area contributed by atoms with E-state index in [1.807, 2.05) is 12.1 Å². The second-order valence-corrected chi connectivity index (χ2v) is 8.20. The Morgan fingerprint density at radius 2 is 2.11 bits per heavy atom. The number of nitrogens with one attached hydrogen (secondary N) is 2. The summed E-state index contributed by atoms with van der Waals surface area (Å²) in [5.74, 6) is 2.13. The minimum absolute atomic E-state index is 0.0755. The van der Waals surface area contributed by atoms with Gasteiger partial charge in [-0.25, -0.2) is 0 Å². The molecule has 1 aliphatic carbocycles. The van der Waals surface area contributed by atoms with Gasteiger partial charge in [-0.1, -0.05) is 38.1 Å². The van der Waals surface area contributed by atoms with Crippen LogP contribution in [0.3, 0.4) is 0 Å². The Bertz CT molecular complexity index is 903. The zero-order valence-corrected chi connectivity index (χ0v) is 16.7. The predicted molar refractivity (Wildman–Crippen MR) is 114 cm³/mol. The molecule has 2 aromatic rings. The molecule has 2 aliphatic rings. The number of benzene rings is 2. The van der Waals surface area contributed by atoms with E-state index in [1.165, 1.54) is 11.1 Å². The normalized spacial score (nSPS) is 22.4. The molecule has 1 amide bonds. The van der Waals surface area contributed by atoms with Crippen molar-refractivity contribution in [3.63, 3.8) is 0 Å². The van der Waals surface area contributed by atoms with Gasteiger partial charge in [0, 0.05) is 23.7 Å². The number of carbonyl (C=O) groups is 1. The number of allylic oxidation sites excluding steroid dienone is 2. The van der Waals surface area contributed by atoms with Crippen LogP contribution in [0.2, 0.25) is 0 Å². The lowest BCUT2D eigenvalue weighted by atomic mass is 9.77. The molecular formula is C24H28N2O2. The van der Waals surface area contributed by atoms with Crippen LogP contribution in [0.25, 0.3) is 0 Å². The van der Waals surface area contributed by atoms with Crippen molar-refractivity contribution in [3.8, 4) is 5.75 Å². The van der Waals surface area contributed by atoms with Gasteiger partial charge in [-0.15, -0.1) is 0 Å². The average Bonchev–Trinajstić information content (AvgIpc) is 3.17. The molecule has 2 N–H and O–H groups in total. The largest absolute Gasteiger partial charge is 0.497 e. The van der Waals surface area contributed by atoms with Crippen LogP contribution in [0.15, 0.2) is 54.6 Å². The number of amides is 1. The second-order valence-electron chi connectivity index (χ2n) is 8.20. The summed E-state index contributed by atoms with van der Waals surface area (Å²) in [6, 6.07) is 14.8. The van der Waals surface area contributed by atoms with Crippen LogP contribution < -0.4 is 15.4 Å². The van der Waals surface area contributed by atoms with E-state index in [9.17, 15) is 4.79 Å². The summed E-state index contributed by atoms with van der Waals surface area (Å²) in [5.41, 5.74) is 4.53. The molecule has 1 aliphatic heterocycles. The molecule has 0 radical (unpaired) electrons. The Morgan fingerprint density at radius 1 is 1.25 bits per heavy atom. The number of anilines is 2. The van der Waals surface area contributed by atoms with Crippen LogP contribution in [0, 0.1) is 11.8 Å². The third-order valence-electron chi connectivity index (χ3n) is 5.69. The van der Waals surface area contributed by atoms with Crippen molar-refractivity contribution in [2.75, 3.05) is 17.7 Å². The third-order valence-corrected chi connectivity index (χ3v) is 5.69. The van der Waals surface area contributed by atoms with Gasteiger partial charge >= 0.3 is 0 Å². The van der Waals surface area contributed by atoms with Crippen LogP contribution in [0.5, 0.6) is 5.75 Å². The van der Waals surface area contributed by atoms with Gasteiger partial charge in [-0.3, -0.25) is 4.79 Å². The third kappa shape index (κ3) is 3.64. The van der Waals surface area contributed by atoms with E-state index in [0.29, 0.717) is 24.2 Å². The smallest absolute Gasteiger partial charge is 0.224 e. The fourth-order valence-electron chi connectivity index (χ4n) is 4.42. The first-order chi connectivity index (χ1) is 13.5. The van der Waals surface area contributed by atoms with E-state index in [4.69, 9.17) is 4.74 Å². The molecule has 4 nitrogen and oxygen atoms in total. The van der Waals surface area contributed by atoms with Crippen LogP contribution in [0.4, 0.5) is 11.4 Å². The molecule has 0 fully saturated rings. The highest BCUT2D eigenvalue weighted by Gasteiger charge is 2.38. The van der Waals surface area contributed by atoms with Gasteiger partial charge < -0.3 is 15.4 Å². The quantitative estimate of drug-likeness (QED) is 0.677. The molecule has 28 heavy (non-hydrogen) atoms. The molecule has 0 saturated carbocycles. The standard InChI is InChI=1S/C24H28N2O2/c1-15(2)12-23(27)25-17-10-11-22-21(14-17)19-8-5-9-20(19)24(26-22)16-6-4-7-18(13-16)28-3/h4-8,10-11,13-15,19-20,24,26H,9,12H2,1-3H3,(H,25,27). The Kier molecular flexibility index (Phi) is 5.12. The van der Waals surface area contributed by atoms with Crippen molar-refractivity contribution in [3.05, 3.63) is 65.7 Å². The van der Waals surface area contributed by atoms with Gasteiger partial charge in [0.15, 0.2) is 0 Å². The molecule has 0 saturated heterocycles. The molecule has 4 heteroatoms. The van der Waals surface area contributed by atoms with Crippen molar-refractivity contribution < 1.29 is 9.53 Å². The fraction of sp³-hybridized carbons (Fsp3) is 0.375. The molecule has 0 aromatic heterocycles. The minimum Gasteiger partial charge on any atom is -0.497 e. The van der Waals surface area contributed by atoms with E-state index in [1.54, 1.807) is 7.11 Å². The Hall–Kier alpha value is -2.75. The van der Waals surface area contributed by atoms with Crippen molar-refractivity contribution in [2.45, 2.75) is 38.6 Å². The first-order valence-electron chi connectivity index (χ1n) is 10.1. The highest BCUT2D eigenvalue weighted by Crippen LogP contribution is 2.50. The van der Waals surface area contributed by atoms with Crippen LogP contribution in [-0.2, 0) is 4.79 Å². The maximum Gasteiger partial charge on any atom is 0.224 e. The monoisotopic (exact) mass is 376 g/mol. The van der Waals surface area contributed by atoms with E-state index in [-0.39, 0.29) is 11.9 Å². The number of ether oxygens (including phenoxy) is 1. The van der Waals surface area contributed by atoms with E-state index >= 15 is 0 Å². The fourth-order valence-corrected chi connectivity index (χ4v) is 4.42. The zero-order chi connectivity index (χ0) is 19.7. The lowest BCUT2D eigenvalue weighted by molar-refractivity contribution is -0.116. The molecule has 3 atom stereocenters. The van der Waals surface area contributed by atoms with E-state index < -0.39 is 0 Å². The van der Waals surface area contributed by atoms with E-state index in [0.717, 1.165) is 23.5 Å². The summed E-state index contributed by atoms with van der Waals surface area (Å²) in [4.78, 5) is 12.2. The molecular weight excluding hydrogens is 348 g/mol. The molecule has 146 valence electrons. The van der Waals surface area contributed by atoms with Crippen molar-refractivity contribution in [2.24, 2.45) is 11.8 Å². The summed E-state index contributed by atoms with van der Waals surface area (Å²) < 4.78 is 5.42. The molecule has 0 spiro atoms. The van der Waals surface area contributed by atoms with Gasteiger partial charge in [0.25, 0.3) is 0 Å². The molecule has 4 rings (SSSR count). The lowest BCUT2D eigenvalue weighted by Crippen LogP contribution is -2.29. The molecule has 1 heterocycles. The summed E-state index contributed by atoms with van der Waals surface area (Å²) >= 11 is 0. The predicted octanol–water partition coefficient (Wildman–Crippen LogP) is 5.51. The Labute approximate surface area is 167 Å². The summed E-state index contributed by atoms with van der Waals surface area (Å²) in [7, 11) is 1.71. The van der Waals surface area contributed by atoms with Crippen LogP contribution in [-0.4, -0.2) is 13.0 Å².